The molecule has 16 heavy (non-hydrogen) atoms. The number of benzene rings is 1. The molecule has 0 heterocycles. The third-order valence-corrected chi connectivity index (χ3v) is 2.06. The van der Waals surface area contributed by atoms with Crippen LogP contribution in [0.2, 0.25) is 5.02 Å². The van der Waals surface area contributed by atoms with Gasteiger partial charge in [0.25, 0.3) is 0 Å². The summed E-state index contributed by atoms with van der Waals surface area (Å²) in [6.07, 6.45) is 0.244. The minimum atomic E-state index is -0.210. The van der Waals surface area contributed by atoms with Crippen molar-refractivity contribution in [3.63, 3.8) is 0 Å². The van der Waals surface area contributed by atoms with Gasteiger partial charge in [0, 0.05) is 12.1 Å². The molecule has 5 heteroatoms. The van der Waals surface area contributed by atoms with Gasteiger partial charge >= 0.3 is 0 Å². The van der Waals surface area contributed by atoms with Crippen molar-refractivity contribution < 1.29 is 14.4 Å². The molecule has 0 radical (unpaired) electrons. The maximum atomic E-state index is 11.4. The van der Waals surface area contributed by atoms with Crippen LogP contribution in [0.3, 0.4) is 0 Å². The van der Waals surface area contributed by atoms with Gasteiger partial charge < -0.3 is 4.74 Å². The molecule has 1 aromatic carbocycles. The molecular weight excluding hydrogens is 230 g/mol. The molecule has 0 spiro atoms. The van der Waals surface area contributed by atoms with Crippen LogP contribution in [0.1, 0.15) is 5.56 Å². The lowest BCUT2D eigenvalue weighted by Crippen LogP contribution is -2.26. The number of rotatable bonds is 6. The van der Waals surface area contributed by atoms with Gasteiger partial charge in [-0.3, -0.25) is 9.63 Å². The zero-order chi connectivity index (χ0) is 11.8. The number of ether oxygens (including phenoxy) is 1. The van der Waals surface area contributed by atoms with Crippen molar-refractivity contribution >= 4 is 17.5 Å². The lowest BCUT2D eigenvalue weighted by Gasteiger charge is -2.05. The molecule has 0 saturated heterocycles. The van der Waals surface area contributed by atoms with Gasteiger partial charge in [0.05, 0.1) is 19.6 Å². The first-order chi connectivity index (χ1) is 7.72. The van der Waals surface area contributed by atoms with E-state index in [4.69, 9.17) is 21.2 Å². The summed E-state index contributed by atoms with van der Waals surface area (Å²) >= 11 is 5.79. The van der Waals surface area contributed by atoms with Crippen LogP contribution in [0.5, 0.6) is 0 Å². The molecule has 0 atom stereocenters. The summed E-state index contributed by atoms with van der Waals surface area (Å²) in [6, 6.07) is 7.14. The van der Waals surface area contributed by atoms with Gasteiger partial charge in [0.1, 0.15) is 0 Å². The van der Waals surface area contributed by atoms with Crippen molar-refractivity contribution in [3.8, 4) is 0 Å². The zero-order valence-electron chi connectivity index (χ0n) is 9.03. The Morgan fingerprint density at radius 1 is 1.44 bits per heavy atom. The predicted molar refractivity (Wildman–Crippen MR) is 61.1 cm³/mol. The van der Waals surface area contributed by atoms with E-state index in [1.54, 1.807) is 25.3 Å². The van der Waals surface area contributed by atoms with Crippen molar-refractivity contribution in [2.45, 2.75) is 6.42 Å². The van der Waals surface area contributed by atoms with E-state index >= 15 is 0 Å². The highest BCUT2D eigenvalue weighted by Crippen LogP contribution is 2.10. The summed E-state index contributed by atoms with van der Waals surface area (Å²) in [7, 11) is 1.57. The van der Waals surface area contributed by atoms with Crippen molar-refractivity contribution in [3.05, 3.63) is 34.9 Å². The molecule has 0 aliphatic heterocycles. The molecule has 0 fully saturated rings. The Labute approximate surface area is 99.5 Å². The Bertz CT molecular complexity index is 344. The number of carbonyl (C=O) groups excluding carboxylic acids is 1. The van der Waals surface area contributed by atoms with Gasteiger partial charge in [-0.1, -0.05) is 23.7 Å². The quantitative estimate of drug-likeness (QED) is 0.610. The summed E-state index contributed by atoms with van der Waals surface area (Å²) in [6.45, 7) is 0.773. The number of amides is 1. The Morgan fingerprint density at radius 2 is 2.25 bits per heavy atom. The third-order valence-electron chi connectivity index (χ3n) is 1.83. The number of hydrogen-bond acceptors (Lipinski definition) is 3. The monoisotopic (exact) mass is 243 g/mol. The fourth-order valence-electron chi connectivity index (χ4n) is 1.12. The lowest BCUT2D eigenvalue weighted by molar-refractivity contribution is -0.133. The van der Waals surface area contributed by atoms with Crippen LogP contribution in [0.4, 0.5) is 0 Å². The largest absolute Gasteiger partial charge is 0.382 e. The Morgan fingerprint density at radius 3 is 2.94 bits per heavy atom. The maximum absolute atomic E-state index is 11.4. The van der Waals surface area contributed by atoms with Gasteiger partial charge in [-0.05, 0) is 17.7 Å². The first-order valence-corrected chi connectivity index (χ1v) is 5.24. The first kappa shape index (κ1) is 13.0. The molecule has 1 rings (SSSR count). The highest BCUT2D eigenvalue weighted by molar-refractivity contribution is 6.30. The summed E-state index contributed by atoms with van der Waals surface area (Å²) in [5.74, 6) is -0.210. The second-order valence-corrected chi connectivity index (χ2v) is 3.61. The van der Waals surface area contributed by atoms with Crippen LogP contribution in [0.15, 0.2) is 24.3 Å². The Kier molecular flexibility index (Phi) is 5.85. The fourth-order valence-corrected chi connectivity index (χ4v) is 1.34. The van der Waals surface area contributed by atoms with Gasteiger partial charge in [0.15, 0.2) is 0 Å². The average Bonchev–Trinajstić information content (AvgIpc) is 2.24. The van der Waals surface area contributed by atoms with E-state index in [0.717, 1.165) is 5.56 Å². The number of hydroxylamine groups is 1. The van der Waals surface area contributed by atoms with Crippen LogP contribution < -0.4 is 5.48 Å². The number of nitrogens with one attached hydrogen (secondary N) is 1. The molecular formula is C11H14ClNO3. The Hall–Kier alpha value is -1.10. The van der Waals surface area contributed by atoms with Crippen LogP contribution in [-0.4, -0.2) is 26.2 Å². The summed E-state index contributed by atoms with van der Waals surface area (Å²) in [4.78, 5) is 16.2. The summed E-state index contributed by atoms with van der Waals surface area (Å²) in [5.41, 5.74) is 3.17. The van der Waals surface area contributed by atoms with Gasteiger partial charge in [-0.2, -0.15) is 0 Å². The van der Waals surface area contributed by atoms with E-state index < -0.39 is 0 Å². The molecule has 0 unspecified atom stereocenters. The van der Waals surface area contributed by atoms with E-state index in [0.29, 0.717) is 18.2 Å². The van der Waals surface area contributed by atoms with Gasteiger partial charge in [0.2, 0.25) is 5.91 Å². The normalized spacial score (nSPS) is 10.1. The minimum Gasteiger partial charge on any atom is -0.382 e. The molecule has 0 aromatic heterocycles. The molecule has 1 aromatic rings. The topological polar surface area (TPSA) is 47.6 Å². The summed E-state index contributed by atoms with van der Waals surface area (Å²) in [5, 5.41) is 0.616. The van der Waals surface area contributed by atoms with Crippen molar-refractivity contribution in [2.24, 2.45) is 0 Å². The highest BCUT2D eigenvalue weighted by Gasteiger charge is 2.03. The third kappa shape index (κ3) is 5.11. The van der Waals surface area contributed by atoms with E-state index in [1.165, 1.54) is 0 Å². The van der Waals surface area contributed by atoms with Crippen molar-refractivity contribution in [2.75, 3.05) is 20.3 Å². The van der Waals surface area contributed by atoms with Gasteiger partial charge in [-0.25, -0.2) is 5.48 Å². The SMILES string of the molecule is COCCONC(=O)Cc1cccc(Cl)c1. The van der Waals surface area contributed by atoms with E-state index in [1.807, 2.05) is 6.07 Å². The molecule has 0 aliphatic carbocycles. The van der Waals surface area contributed by atoms with E-state index in [2.05, 4.69) is 5.48 Å². The van der Waals surface area contributed by atoms with Crippen molar-refractivity contribution in [1.82, 2.24) is 5.48 Å². The molecule has 0 bridgehead atoms. The first-order valence-electron chi connectivity index (χ1n) is 4.86. The number of halogens is 1. The molecule has 4 nitrogen and oxygen atoms in total. The minimum absolute atomic E-state index is 0.210. The highest BCUT2D eigenvalue weighted by atomic mass is 35.5. The lowest BCUT2D eigenvalue weighted by atomic mass is 10.1. The molecule has 1 N–H and O–H groups in total. The molecule has 0 saturated carbocycles. The zero-order valence-corrected chi connectivity index (χ0v) is 9.79. The molecule has 1 amide bonds. The number of methoxy groups -OCH3 is 1. The number of carbonyl (C=O) groups is 1. The molecule has 88 valence electrons. The van der Waals surface area contributed by atoms with Crippen LogP contribution in [-0.2, 0) is 20.8 Å². The Balaban J connectivity index is 2.29. The standard InChI is InChI=1S/C11H14ClNO3/c1-15-5-6-16-13-11(14)8-9-3-2-4-10(12)7-9/h2-4,7H,5-6,8H2,1H3,(H,13,14). The van der Waals surface area contributed by atoms with Crippen LogP contribution in [0, 0.1) is 0 Å². The summed E-state index contributed by atoms with van der Waals surface area (Å²) < 4.78 is 4.76. The van der Waals surface area contributed by atoms with E-state index in [-0.39, 0.29) is 12.3 Å². The second kappa shape index (κ2) is 7.22. The number of hydrogen-bond donors (Lipinski definition) is 1. The smallest absolute Gasteiger partial charge is 0.247 e. The van der Waals surface area contributed by atoms with Gasteiger partial charge in [-0.15, -0.1) is 0 Å². The second-order valence-electron chi connectivity index (χ2n) is 3.17. The average molecular weight is 244 g/mol. The predicted octanol–water partition coefficient (Wildman–Crippen LogP) is 1.58. The van der Waals surface area contributed by atoms with E-state index in [9.17, 15) is 4.79 Å². The maximum Gasteiger partial charge on any atom is 0.247 e. The van der Waals surface area contributed by atoms with Crippen LogP contribution in [0.25, 0.3) is 0 Å². The fraction of sp³-hybridized carbons (Fsp3) is 0.364. The van der Waals surface area contributed by atoms with Crippen LogP contribution >= 0.6 is 11.6 Å². The molecule has 0 aliphatic rings. The van der Waals surface area contributed by atoms with Crippen molar-refractivity contribution in [1.29, 1.82) is 0 Å².